The van der Waals surface area contributed by atoms with Crippen molar-refractivity contribution in [1.82, 2.24) is 25.4 Å². The number of carbonyl (C=O) groups is 2. The molecule has 2 aromatic carbocycles. The molecule has 1 aliphatic rings. The van der Waals surface area contributed by atoms with Gasteiger partial charge in [0.2, 0.25) is 5.91 Å². The number of carbonyl (C=O) groups excluding carboxylic acids is 2. The van der Waals surface area contributed by atoms with Crippen molar-refractivity contribution in [3.8, 4) is 11.4 Å². The molecule has 1 aliphatic carbocycles. The van der Waals surface area contributed by atoms with Gasteiger partial charge < -0.3 is 5.32 Å². The third kappa shape index (κ3) is 6.22. The Morgan fingerprint density at radius 2 is 1.76 bits per heavy atom. The predicted octanol–water partition coefficient (Wildman–Crippen LogP) is 4.77. The van der Waals surface area contributed by atoms with E-state index in [1.165, 1.54) is 30.3 Å². The number of nitrogens with zero attached hydrogens (tertiary/aromatic N) is 3. The van der Waals surface area contributed by atoms with E-state index in [0.29, 0.717) is 17.5 Å². The zero-order chi connectivity index (χ0) is 23.9. The number of rotatable bonds is 7. The number of amides is 3. The first-order valence-electron chi connectivity index (χ1n) is 11.5. The average molecular weight is 482 g/mol. The molecule has 1 fully saturated rings. The number of urea groups is 1. The summed E-state index contributed by atoms with van der Waals surface area (Å²) in [6, 6.07) is 15.6. The lowest BCUT2D eigenvalue weighted by molar-refractivity contribution is -0.119. The van der Waals surface area contributed by atoms with Crippen molar-refractivity contribution in [2.45, 2.75) is 62.0 Å². The molecule has 1 atom stereocenters. The molecule has 1 heterocycles. The molecule has 1 saturated carbocycles. The maximum atomic E-state index is 13.4. The van der Waals surface area contributed by atoms with Crippen LogP contribution in [-0.4, -0.2) is 38.0 Å². The average Bonchev–Trinajstić information content (AvgIpc) is 3.22. The third-order valence-corrected chi connectivity index (χ3v) is 6.91. The summed E-state index contributed by atoms with van der Waals surface area (Å²) in [5, 5.41) is 13.9. The van der Waals surface area contributed by atoms with E-state index < -0.39 is 17.2 Å². The summed E-state index contributed by atoms with van der Waals surface area (Å²) in [6.45, 7) is 2.21. The van der Waals surface area contributed by atoms with Crippen LogP contribution in [0.25, 0.3) is 11.4 Å². The lowest BCUT2D eigenvalue weighted by Crippen LogP contribution is -2.47. The van der Waals surface area contributed by atoms with Gasteiger partial charge in [0.05, 0.1) is 11.8 Å². The van der Waals surface area contributed by atoms with Gasteiger partial charge in [-0.05, 0) is 49.6 Å². The van der Waals surface area contributed by atoms with Crippen molar-refractivity contribution in [2.75, 3.05) is 0 Å². The van der Waals surface area contributed by atoms with Crippen LogP contribution in [0.1, 0.15) is 44.6 Å². The van der Waals surface area contributed by atoms with Gasteiger partial charge in [-0.1, -0.05) is 61.4 Å². The fourth-order valence-electron chi connectivity index (χ4n) is 3.99. The van der Waals surface area contributed by atoms with Gasteiger partial charge in [0, 0.05) is 11.6 Å². The molecule has 1 unspecified atom stereocenters. The van der Waals surface area contributed by atoms with Crippen LogP contribution in [0.4, 0.5) is 9.18 Å². The van der Waals surface area contributed by atoms with Crippen molar-refractivity contribution in [1.29, 1.82) is 0 Å². The summed E-state index contributed by atoms with van der Waals surface area (Å²) in [6.07, 6.45) is 5.27. The van der Waals surface area contributed by atoms with Gasteiger partial charge in [0.1, 0.15) is 5.82 Å². The Labute approximate surface area is 202 Å². The largest absolute Gasteiger partial charge is 0.335 e. The maximum absolute atomic E-state index is 13.4. The second kappa shape index (κ2) is 11.3. The highest BCUT2D eigenvalue weighted by Gasteiger charge is 2.23. The first-order chi connectivity index (χ1) is 16.5. The molecule has 0 saturated heterocycles. The topological polar surface area (TPSA) is 88.9 Å². The van der Waals surface area contributed by atoms with Gasteiger partial charge in [0.15, 0.2) is 11.0 Å². The van der Waals surface area contributed by atoms with Gasteiger partial charge >= 0.3 is 6.03 Å². The number of thioether (sulfide) groups is 1. The summed E-state index contributed by atoms with van der Waals surface area (Å²) in [5.74, 6) is -0.144. The van der Waals surface area contributed by atoms with E-state index in [9.17, 15) is 14.0 Å². The van der Waals surface area contributed by atoms with Crippen LogP contribution in [-0.2, 0) is 11.3 Å². The Hall–Kier alpha value is -3.20. The minimum atomic E-state index is -0.572. The second-order valence-corrected chi connectivity index (χ2v) is 9.75. The SMILES string of the molecule is CC(Sc1nnc(-c2ccc(F)cc2)n1Cc1ccccc1)C(=O)NC(=O)NC1CCCCC1. The summed E-state index contributed by atoms with van der Waals surface area (Å²) in [4.78, 5) is 25.0. The van der Waals surface area contributed by atoms with E-state index in [1.54, 1.807) is 19.1 Å². The molecule has 178 valence electrons. The fourth-order valence-corrected chi connectivity index (χ4v) is 4.84. The first kappa shape index (κ1) is 23.9. The Bertz CT molecular complexity index is 1110. The van der Waals surface area contributed by atoms with Crippen LogP contribution >= 0.6 is 11.8 Å². The molecular formula is C25H28FN5O2S. The molecule has 0 spiro atoms. The Morgan fingerprint density at radius 3 is 2.47 bits per heavy atom. The van der Waals surface area contributed by atoms with Crippen molar-refractivity contribution in [3.05, 3.63) is 66.0 Å². The summed E-state index contributed by atoms with van der Waals surface area (Å²) in [5.41, 5.74) is 1.76. The van der Waals surface area contributed by atoms with Crippen LogP contribution in [0.2, 0.25) is 0 Å². The Kier molecular flexibility index (Phi) is 7.95. The molecule has 0 aliphatic heterocycles. The highest BCUT2D eigenvalue weighted by molar-refractivity contribution is 8.00. The summed E-state index contributed by atoms with van der Waals surface area (Å²) >= 11 is 1.23. The predicted molar refractivity (Wildman–Crippen MR) is 130 cm³/mol. The number of nitrogens with one attached hydrogen (secondary N) is 2. The first-order valence-corrected chi connectivity index (χ1v) is 12.4. The smallest absolute Gasteiger partial charge is 0.321 e. The van der Waals surface area contributed by atoms with Crippen LogP contribution in [0.3, 0.4) is 0 Å². The molecule has 3 aromatic rings. The van der Waals surface area contributed by atoms with E-state index in [0.717, 1.165) is 36.8 Å². The Balaban J connectivity index is 1.48. The van der Waals surface area contributed by atoms with Gasteiger partial charge in [-0.25, -0.2) is 9.18 Å². The standard InChI is InChI=1S/C25H28FN5O2S/c1-17(23(32)28-24(33)27-21-10-6-3-7-11-21)34-25-30-29-22(19-12-14-20(26)15-13-19)31(25)16-18-8-4-2-5-9-18/h2,4-5,8-9,12-15,17,21H,3,6-7,10-11,16H2,1H3,(H2,27,28,32,33). The second-order valence-electron chi connectivity index (χ2n) is 8.44. The number of imide groups is 1. The van der Waals surface area contributed by atoms with Crippen molar-refractivity contribution < 1.29 is 14.0 Å². The lowest BCUT2D eigenvalue weighted by Gasteiger charge is -2.23. The highest BCUT2D eigenvalue weighted by Crippen LogP contribution is 2.28. The van der Waals surface area contributed by atoms with E-state index in [2.05, 4.69) is 20.8 Å². The zero-order valence-corrected chi connectivity index (χ0v) is 19.9. The number of benzene rings is 2. The minimum Gasteiger partial charge on any atom is -0.335 e. The zero-order valence-electron chi connectivity index (χ0n) is 19.0. The molecule has 4 rings (SSSR count). The maximum Gasteiger partial charge on any atom is 0.321 e. The minimum absolute atomic E-state index is 0.122. The van der Waals surface area contributed by atoms with E-state index in [1.807, 2.05) is 34.9 Å². The molecule has 3 amide bonds. The van der Waals surface area contributed by atoms with Gasteiger partial charge in [-0.2, -0.15) is 0 Å². The van der Waals surface area contributed by atoms with E-state index in [-0.39, 0.29) is 11.9 Å². The van der Waals surface area contributed by atoms with Gasteiger partial charge in [-0.15, -0.1) is 10.2 Å². The van der Waals surface area contributed by atoms with Crippen molar-refractivity contribution in [2.24, 2.45) is 0 Å². The van der Waals surface area contributed by atoms with E-state index in [4.69, 9.17) is 0 Å². The van der Waals surface area contributed by atoms with Gasteiger partial charge in [-0.3, -0.25) is 14.7 Å². The number of aromatic nitrogens is 3. The lowest BCUT2D eigenvalue weighted by atomic mass is 9.96. The highest BCUT2D eigenvalue weighted by atomic mass is 32.2. The van der Waals surface area contributed by atoms with Crippen molar-refractivity contribution in [3.63, 3.8) is 0 Å². The van der Waals surface area contributed by atoms with Crippen LogP contribution in [0.15, 0.2) is 59.8 Å². The normalized spacial score (nSPS) is 15.0. The number of halogens is 1. The third-order valence-electron chi connectivity index (χ3n) is 5.83. The van der Waals surface area contributed by atoms with E-state index >= 15 is 0 Å². The fraction of sp³-hybridized carbons (Fsp3) is 0.360. The number of hydrogen-bond donors (Lipinski definition) is 2. The van der Waals surface area contributed by atoms with Crippen LogP contribution < -0.4 is 10.6 Å². The molecule has 7 nitrogen and oxygen atoms in total. The molecule has 9 heteroatoms. The van der Waals surface area contributed by atoms with Crippen LogP contribution in [0.5, 0.6) is 0 Å². The summed E-state index contributed by atoms with van der Waals surface area (Å²) in [7, 11) is 0. The number of hydrogen-bond acceptors (Lipinski definition) is 5. The molecule has 2 N–H and O–H groups in total. The Morgan fingerprint density at radius 1 is 1.06 bits per heavy atom. The molecule has 0 radical (unpaired) electrons. The molecule has 34 heavy (non-hydrogen) atoms. The van der Waals surface area contributed by atoms with Crippen LogP contribution in [0, 0.1) is 5.82 Å². The summed E-state index contributed by atoms with van der Waals surface area (Å²) < 4.78 is 15.3. The monoisotopic (exact) mass is 481 g/mol. The van der Waals surface area contributed by atoms with Gasteiger partial charge in [0.25, 0.3) is 0 Å². The molecular weight excluding hydrogens is 453 g/mol. The molecule has 1 aromatic heterocycles. The molecule has 0 bridgehead atoms. The van der Waals surface area contributed by atoms with Crippen molar-refractivity contribution >= 4 is 23.7 Å². The quantitative estimate of drug-likeness (QED) is 0.475.